The first kappa shape index (κ1) is 17.3. The number of halogens is 1. The summed E-state index contributed by atoms with van der Waals surface area (Å²) in [5, 5.41) is 3.69. The van der Waals surface area contributed by atoms with Gasteiger partial charge in [0.05, 0.1) is 11.8 Å². The van der Waals surface area contributed by atoms with Crippen LogP contribution in [-0.4, -0.2) is 26.3 Å². The maximum absolute atomic E-state index is 12.1. The van der Waals surface area contributed by atoms with Gasteiger partial charge in [0.1, 0.15) is 9.84 Å². The van der Waals surface area contributed by atoms with E-state index in [2.05, 4.69) is 5.32 Å². The van der Waals surface area contributed by atoms with Crippen LogP contribution in [0.4, 0.5) is 0 Å². The maximum atomic E-state index is 12.1. The van der Waals surface area contributed by atoms with Crippen molar-refractivity contribution in [3.8, 4) is 0 Å². The first-order chi connectivity index (χ1) is 10.3. The third kappa shape index (κ3) is 5.29. The van der Waals surface area contributed by atoms with Crippen LogP contribution in [0.1, 0.15) is 43.7 Å². The van der Waals surface area contributed by atoms with E-state index in [1.165, 1.54) is 12.8 Å². The Balaban J connectivity index is 2.07. The van der Waals surface area contributed by atoms with Crippen LogP contribution in [0.3, 0.4) is 0 Å². The molecule has 1 aliphatic rings. The third-order valence-corrected chi connectivity index (χ3v) is 5.31. The lowest BCUT2D eigenvalue weighted by Crippen LogP contribution is -2.33. The van der Waals surface area contributed by atoms with Crippen molar-refractivity contribution in [3.05, 3.63) is 34.9 Å². The minimum atomic E-state index is -3.12. The highest BCUT2D eigenvalue weighted by Gasteiger charge is 2.27. The molecule has 1 fully saturated rings. The van der Waals surface area contributed by atoms with E-state index in [1.807, 2.05) is 24.3 Å². The van der Waals surface area contributed by atoms with Crippen LogP contribution in [0, 0.1) is 5.92 Å². The Morgan fingerprint density at radius 2 is 1.86 bits per heavy atom. The Bertz CT molecular complexity index is 607. The average molecular weight is 344 g/mol. The number of amides is 1. The summed E-state index contributed by atoms with van der Waals surface area (Å²) < 4.78 is 22.4. The van der Waals surface area contributed by atoms with Gasteiger partial charge in [-0.1, -0.05) is 36.6 Å². The molecule has 1 aromatic carbocycles. The molecule has 0 aromatic heterocycles. The normalized spacial score (nSPS) is 17.4. The molecule has 0 saturated heterocycles. The van der Waals surface area contributed by atoms with Crippen molar-refractivity contribution in [1.82, 2.24) is 5.32 Å². The van der Waals surface area contributed by atoms with E-state index < -0.39 is 9.84 Å². The predicted octanol–water partition coefficient (Wildman–Crippen LogP) is 3.12. The summed E-state index contributed by atoms with van der Waals surface area (Å²) in [5.74, 6) is 0.0808. The molecule has 0 bridgehead atoms. The fraction of sp³-hybridized carbons (Fsp3) is 0.562. The Kier molecular flexibility index (Phi) is 5.87. The highest BCUT2D eigenvalue weighted by Crippen LogP contribution is 2.36. The summed E-state index contributed by atoms with van der Waals surface area (Å²) in [6.07, 6.45) is 5.67. The van der Waals surface area contributed by atoms with Crippen LogP contribution in [-0.2, 0) is 14.6 Å². The van der Waals surface area contributed by atoms with Gasteiger partial charge in [0.15, 0.2) is 0 Å². The molecule has 0 radical (unpaired) electrons. The standard InChI is InChI=1S/C16H22ClNO3S/c1-22(20,21)11-10-15(19)18-16(12-4-2-3-5-12)13-6-8-14(17)9-7-13/h6-9,12,16H,2-5,10-11H2,1H3,(H,18,19). The van der Waals surface area contributed by atoms with Crippen LogP contribution >= 0.6 is 11.6 Å². The molecule has 1 aliphatic carbocycles. The molecule has 0 aliphatic heterocycles. The van der Waals surface area contributed by atoms with Crippen molar-refractivity contribution < 1.29 is 13.2 Å². The second-order valence-corrected chi connectivity index (χ2v) is 8.72. The number of rotatable bonds is 6. The third-order valence-electron chi connectivity index (χ3n) is 4.12. The lowest BCUT2D eigenvalue weighted by molar-refractivity contribution is -0.121. The number of benzene rings is 1. The Morgan fingerprint density at radius 3 is 2.41 bits per heavy atom. The molecule has 0 heterocycles. The molecule has 122 valence electrons. The van der Waals surface area contributed by atoms with Gasteiger partial charge in [-0.25, -0.2) is 8.42 Å². The monoisotopic (exact) mass is 343 g/mol. The smallest absolute Gasteiger partial charge is 0.221 e. The summed E-state index contributed by atoms with van der Waals surface area (Å²) in [7, 11) is -3.12. The molecule has 4 nitrogen and oxygen atoms in total. The highest BCUT2D eigenvalue weighted by molar-refractivity contribution is 7.90. The van der Waals surface area contributed by atoms with E-state index in [0.717, 1.165) is 24.7 Å². The molecule has 1 N–H and O–H groups in total. The molecule has 1 atom stereocenters. The zero-order valence-electron chi connectivity index (χ0n) is 12.7. The quantitative estimate of drug-likeness (QED) is 0.863. The van der Waals surface area contributed by atoms with Gasteiger partial charge in [-0.15, -0.1) is 0 Å². The maximum Gasteiger partial charge on any atom is 0.221 e. The van der Waals surface area contributed by atoms with Crippen molar-refractivity contribution in [3.63, 3.8) is 0 Å². The van der Waals surface area contributed by atoms with Crippen molar-refractivity contribution >= 4 is 27.3 Å². The molecule has 1 amide bonds. The topological polar surface area (TPSA) is 63.2 Å². The fourth-order valence-corrected chi connectivity index (χ4v) is 3.64. The molecule has 1 unspecified atom stereocenters. The molecule has 1 saturated carbocycles. The van der Waals surface area contributed by atoms with E-state index in [4.69, 9.17) is 11.6 Å². The van der Waals surface area contributed by atoms with Gasteiger partial charge in [-0.2, -0.15) is 0 Å². The number of nitrogens with one attached hydrogen (secondary N) is 1. The summed E-state index contributed by atoms with van der Waals surface area (Å²) in [6, 6.07) is 7.44. The zero-order chi connectivity index (χ0) is 16.2. The second-order valence-electron chi connectivity index (χ2n) is 6.02. The van der Waals surface area contributed by atoms with Crippen LogP contribution in [0.25, 0.3) is 0 Å². The first-order valence-electron chi connectivity index (χ1n) is 7.58. The van der Waals surface area contributed by atoms with E-state index in [9.17, 15) is 13.2 Å². The van der Waals surface area contributed by atoms with E-state index in [1.54, 1.807) is 0 Å². The van der Waals surface area contributed by atoms with Crippen LogP contribution in [0.15, 0.2) is 24.3 Å². The predicted molar refractivity (Wildman–Crippen MR) is 88.6 cm³/mol. The van der Waals surface area contributed by atoms with Gasteiger partial charge < -0.3 is 5.32 Å². The molecular formula is C16H22ClNO3S. The highest BCUT2D eigenvalue weighted by atomic mass is 35.5. The number of sulfone groups is 1. The molecule has 0 spiro atoms. The van der Waals surface area contributed by atoms with Gasteiger partial charge in [0.25, 0.3) is 0 Å². The van der Waals surface area contributed by atoms with Crippen molar-refractivity contribution in [2.75, 3.05) is 12.0 Å². The lowest BCUT2D eigenvalue weighted by Gasteiger charge is -2.25. The van der Waals surface area contributed by atoms with Crippen LogP contribution in [0.5, 0.6) is 0 Å². The van der Waals surface area contributed by atoms with Gasteiger partial charge in [-0.05, 0) is 36.5 Å². The van der Waals surface area contributed by atoms with Gasteiger partial charge in [0.2, 0.25) is 5.91 Å². The Labute approximate surface area is 137 Å². The van der Waals surface area contributed by atoms with Gasteiger partial charge in [0, 0.05) is 17.7 Å². The summed E-state index contributed by atoms with van der Waals surface area (Å²) in [6.45, 7) is 0. The fourth-order valence-electron chi connectivity index (χ4n) is 2.96. The lowest BCUT2D eigenvalue weighted by atomic mass is 9.91. The van der Waals surface area contributed by atoms with Gasteiger partial charge in [-0.3, -0.25) is 4.79 Å². The minimum absolute atomic E-state index is 0.00957. The summed E-state index contributed by atoms with van der Waals surface area (Å²) in [5.41, 5.74) is 1.03. The second kappa shape index (κ2) is 7.47. The first-order valence-corrected chi connectivity index (χ1v) is 10.0. The SMILES string of the molecule is CS(=O)(=O)CCC(=O)NC(c1ccc(Cl)cc1)C1CCCC1. The zero-order valence-corrected chi connectivity index (χ0v) is 14.3. The number of carbonyl (C=O) groups is 1. The number of hydrogen-bond acceptors (Lipinski definition) is 3. The van der Waals surface area contributed by atoms with Crippen molar-refractivity contribution in [2.45, 2.75) is 38.1 Å². The average Bonchev–Trinajstić information content (AvgIpc) is 2.97. The molecule has 2 rings (SSSR count). The van der Waals surface area contributed by atoms with Crippen LogP contribution in [0.2, 0.25) is 5.02 Å². The minimum Gasteiger partial charge on any atom is -0.349 e. The van der Waals surface area contributed by atoms with E-state index in [-0.39, 0.29) is 24.1 Å². The molecule has 22 heavy (non-hydrogen) atoms. The van der Waals surface area contributed by atoms with Gasteiger partial charge >= 0.3 is 0 Å². The number of carbonyl (C=O) groups excluding carboxylic acids is 1. The van der Waals surface area contributed by atoms with Crippen molar-refractivity contribution in [2.24, 2.45) is 5.92 Å². The van der Waals surface area contributed by atoms with E-state index in [0.29, 0.717) is 10.9 Å². The van der Waals surface area contributed by atoms with Crippen LogP contribution < -0.4 is 5.32 Å². The molecule has 6 heteroatoms. The largest absolute Gasteiger partial charge is 0.349 e. The summed E-state index contributed by atoms with van der Waals surface area (Å²) in [4.78, 5) is 12.1. The Morgan fingerprint density at radius 1 is 1.27 bits per heavy atom. The summed E-state index contributed by atoms with van der Waals surface area (Å²) >= 11 is 5.93. The Hall–Kier alpha value is -1.07. The molecule has 1 aromatic rings. The molecular weight excluding hydrogens is 322 g/mol. The number of hydrogen-bond donors (Lipinski definition) is 1. The van der Waals surface area contributed by atoms with Crippen molar-refractivity contribution in [1.29, 1.82) is 0 Å². The van der Waals surface area contributed by atoms with E-state index >= 15 is 0 Å².